The Bertz CT molecular complexity index is 805. The van der Waals surface area contributed by atoms with Crippen LogP contribution in [-0.2, 0) is 26.1 Å². The lowest BCUT2D eigenvalue weighted by Gasteiger charge is -2.11. The molecule has 3 rings (SSSR count). The topological polar surface area (TPSA) is 60.7 Å². The molecule has 0 bridgehead atoms. The molecule has 150 valence electrons. The first-order chi connectivity index (χ1) is 13.6. The van der Waals surface area contributed by atoms with Crippen LogP contribution in [0.3, 0.4) is 0 Å². The maximum Gasteiger partial charge on any atom is 0.0685 e. The Kier molecular flexibility index (Phi) is 7.43. The van der Waals surface area contributed by atoms with Gasteiger partial charge in [0, 0.05) is 0 Å². The SMILES string of the molecule is CC/C(=C/CC(O)C1CC1)c1cccc(CCc2ccc(CO)c(CO)c2)c1. The molecule has 0 radical (unpaired) electrons. The van der Waals surface area contributed by atoms with Gasteiger partial charge < -0.3 is 15.3 Å². The summed E-state index contributed by atoms with van der Waals surface area (Å²) in [5.41, 5.74) is 6.60. The zero-order valence-corrected chi connectivity index (χ0v) is 16.8. The van der Waals surface area contributed by atoms with Crippen LogP contribution in [0, 0.1) is 5.92 Å². The third kappa shape index (κ3) is 5.54. The molecule has 1 atom stereocenters. The summed E-state index contributed by atoms with van der Waals surface area (Å²) < 4.78 is 0. The Balaban J connectivity index is 1.66. The monoisotopic (exact) mass is 380 g/mol. The van der Waals surface area contributed by atoms with E-state index in [1.807, 2.05) is 18.2 Å². The van der Waals surface area contributed by atoms with Gasteiger partial charge in [-0.3, -0.25) is 0 Å². The smallest absolute Gasteiger partial charge is 0.0685 e. The molecule has 1 unspecified atom stereocenters. The van der Waals surface area contributed by atoms with Crippen molar-refractivity contribution in [1.82, 2.24) is 0 Å². The third-order valence-corrected chi connectivity index (χ3v) is 5.76. The Hall–Kier alpha value is -1.94. The average molecular weight is 381 g/mol. The molecule has 0 heterocycles. The molecular formula is C25H32O3. The zero-order valence-electron chi connectivity index (χ0n) is 16.8. The highest BCUT2D eigenvalue weighted by molar-refractivity contribution is 5.65. The lowest BCUT2D eigenvalue weighted by Crippen LogP contribution is -2.07. The fourth-order valence-corrected chi connectivity index (χ4v) is 3.75. The van der Waals surface area contributed by atoms with Crippen LogP contribution in [0.2, 0.25) is 0 Å². The highest BCUT2D eigenvalue weighted by Crippen LogP contribution is 2.34. The number of aliphatic hydroxyl groups is 3. The predicted octanol–water partition coefficient (Wildman–Crippen LogP) is 4.41. The molecule has 1 aliphatic carbocycles. The van der Waals surface area contributed by atoms with Crippen LogP contribution < -0.4 is 0 Å². The van der Waals surface area contributed by atoms with Gasteiger partial charge in [-0.2, -0.15) is 0 Å². The van der Waals surface area contributed by atoms with Gasteiger partial charge in [-0.1, -0.05) is 55.5 Å². The van der Waals surface area contributed by atoms with E-state index in [2.05, 4.69) is 37.3 Å². The third-order valence-electron chi connectivity index (χ3n) is 5.76. The van der Waals surface area contributed by atoms with Crippen molar-refractivity contribution in [1.29, 1.82) is 0 Å². The van der Waals surface area contributed by atoms with Gasteiger partial charge in [0.15, 0.2) is 0 Å². The molecule has 1 fully saturated rings. The van der Waals surface area contributed by atoms with Crippen LogP contribution in [0.4, 0.5) is 0 Å². The summed E-state index contributed by atoms with van der Waals surface area (Å²) in [5.74, 6) is 0.515. The first-order valence-corrected chi connectivity index (χ1v) is 10.4. The van der Waals surface area contributed by atoms with Crippen LogP contribution in [0.5, 0.6) is 0 Å². The van der Waals surface area contributed by atoms with E-state index in [9.17, 15) is 15.3 Å². The number of rotatable bonds is 10. The molecule has 1 saturated carbocycles. The van der Waals surface area contributed by atoms with Gasteiger partial charge in [-0.25, -0.2) is 0 Å². The van der Waals surface area contributed by atoms with E-state index in [4.69, 9.17) is 0 Å². The Labute approximate surface area is 168 Å². The van der Waals surface area contributed by atoms with Gasteiger partial charge in [0.25, 0.3) is 0 Å². The molecule has 28 heavy (non-hydrogen) atoms. The highest BCUT2D eigenvalue weighted by Gasteiger charge is 2.28. The van der Waals surface area contributed by atoms with E-state index in [1.54, 1.807) is 0 Å². The number of allylic oxidation sites excluding steroid dienone is 1. The molecule has 3 heteroatoms. The Morgan fingerprint density at radius 3 is 2.36 bits per heavy atom. The van der Waals surface area contributed by atoms with E-state index in [-0.39, 0.29) is 19.3 Å². The molecule has 0 amide bonds. The van der Waals surface area contributed by atoms with E-state index in [0.29, 0.717) is 5.92 Å². The van der Waals surface area contributed by atoms with Gasteiger partial charge in [0.05, 0.1) is 19.3 Å². The van der Waals surface area contributed by atoms with Crippen molar-refractivity contribution in [2.24, 2.45) is 5.92 Å². The molecule has 3 N–H and O–H groups in total. The minimum Gasteiger partial charge on any atom is -0.393 e. The lowest BCUT2D eigenvalue weighted by atomic mass is 9.95. The van der Waals surface area contributed by atoms with Crippen LogP contribution >= 0.6 is 0 Å². The zero-order chi connectivity index (χ0) is 19.9. The van der Waals surface area contributed by atoms with Gasteiger partial charge in [-0.15, -0.1) is 0 Å². The lowest BCUT2D eigenvalue weighted by molar-refractivity contribution is 0.154. The summed E-state index contributed by atoms with van der Waals surface area (Å²) in [6.45, 7) is 2.08. The molecular weight excluding hydrogens is 348 g/mol. The average Bonchev–Trinajstić information content (AvgIpc) is 3.58. The van der Waals surface area contributed by atoms with Gasteiger partial charge in [-0.05, 0) is 77.8 Å². The summed E-state index contributed by atoms with van der Waals surface area (Å²) >= 11 is 0. The molecule has 0 spiro atoms. The summed E-state index contributed by atoms with van der Waals surface area (Å²) in [7, 11) is 0. The molecule has 0 aromatic heterocycles. The predicted molar refractivity (Wildman–Crippen MR) is 114 cm³/mol. The number of hydrogen-bond acceptors (Lipinski definition) is 3. The molecule has 1 aliphatic rings. The Morgan fingerprint density at radius 2 is 1.71 bits per heavy atom. The van der Waals surface area contributed by atoms with Crippen molar-refractivity contribution >= 4 is 5.57 Å². The number of benzene rings is 2. The van der Waals surface area contributed by atoms with E-state index < -0.39 is 0 Å². The van der Waals surface area contributed by atoms with Crippen LogP contribution in [0.15, 0.2) is 48.5 Å². The van der Waals surface area contributed by atoms with Gasteiger partial charge in [0.2, 0.25) is 0 Å². The van der Waals surface area contributed by atoms with Crippen molar-refractivity contribution in [2.45, 2.75) is 64.8 Å². The summed E-state index contributed by atoms with van der Waals surface area (Å²) in [6.07, 6.45) is 7.90. The van der Waals surface area contributed by atoms with Crippen LogP contribution in [0.1, 0.15) is 60.4 Å². The van der Waals surface area contributed by atoms with Crippen molar-refractivity contribution in [3.63, 3.8) is 0 Å². The quantitative estimate of drug-likeness (QED) is 0.572. The second kappa shape index (κ2) is 10.0. The summed E-state index contributed by atoms with van der Waals surface area (Å²) in [4.78, 5) is 0. The van der Waals surface area contributed by atoms with E-state index >= 15 is 0 Å². The second-order valence-corrected chi connectivity index (χ2v) is 7.84. The normalized spacial score (nSPS) is 15.6. The largest absolute Gasteiger partial charge is 0.393 e. The first-order valence-electron chi connectivity index (χ1n) is 10.4. The van der Waals surface area contributed by atoms with Crippen molar-refractivity contribution < 1.29 is 15.3 Å². The van der Waals surface area contributed by atoms with Crippen molar-refractivity contribution in [2.75, 3.05) is 0 Å². The highest BCUT2D eigenvalue weighted by atomic mass is 16.3. The summed E-state index contributed by atoms with van der Waals surface area (Å²) in [5, 5.41) is 29.0. The Morgan fingerprint density at radius 1 is 1.00 bits per heavy atom. The minimum atomic E-state index is -0.188. The van der Waals surface area contributed by atoms with Crippen molar-refractivity contribution in [3.8, 4) is 0 Å². The van der Waals surface area contributed by atoms with Crippen LogP contribution in [0.25, 0.3) is 5.57 Å². The van der Waals surface area contributed by atoms with Crippen LogP contribution in [-0.4, -0.2) is 21.4 Å². The van der Waals surface area contributed by atoms with E-state index in [0.717, 1.165) is 36.8 Å². The van der Waals surface area contributed by atoms with Gasteiger partial charge >= 0.3 is 0 Å². The first kappa shape index (κ1) is 20.8. The molecule has 2 aromatic carbocycles. The fraction of sp³-hybridized carbons (Fsp3) is 0.440. The number of aryl methyl sites for hydroxylation is 2. The maximum absolute atomic E-state index is 10.1. The summed E-state index contributed by atoms with van der Waals surface area (Å²) in [6, 6.07) is 14.6. The fourth-order valence-electron chi connectivity index (χ4n) is 3.75. The standard InChI is InChI=1S/C25H32O3/c1-2-20(12-13-25(28)21-10-11-21)22-5-3-4-18(14-22)6-7-19-8-9-23(16-26)24(15-19)17-27/h3-5,8-9,12,14-15,21,25-28H,2,6-7,10-11,13,16-17H2,1H3/b20-12-. The molecule has 3 nitrogen and oxygen atoms in total. The molecule has 0 saturated heterocycles. The maximum atomic E-state index is 10.1. The minimum absolute atomic E-state index is 0.0419. The van der Waals surface area contributed by atoms with E-state index in [1.165, 1.54) is 35.1 Å². The van der Waals surface area contributed by atoms with Gasteiger partial charge in [0.1, 0.15) is 0 Å². The van der Waals surface area contributed by atoms with Crippen molar-refractivity contribution in [3.05, 3.63) is 76.4 Å². The number of hydrogen-bond donors (Lipinski definition) is 3. The molecule has 0 aliphatic heterocycles. The molecule has 2 aromatic rings. The second-order valence-electron chi connectivity index (χ2n) is 7.84. The number of aliphatic hydroxyl groups excluding tert-OH is 3.